The first-order valence-electron chi connectivity index (χ1n) is 6.22. The molecule has 0 spiro atoms. The van der Waals surface area contributed by atoms with Crippen molar-refractivity contribution in [3.63, 3.8) is 0 Å². The van der Waals surface area contributed by atoms with E-state index in [9.17, 15) is 14.9 Å². The van der Waals surface area contributed by atoms with E-state index in [1.807, 2.05) is 6.92 Å². The topological polar surface area (TPSA) is 106 Å². The fourth-order valence-electron chi connectivity index (χ4n) is 1.64. The number of anilines is 2. The van der Waals surface area contributed by atoms with Crippen molar-refractivity contribution >= 4 is 23.2 Å². The summed E-state index contributed by atoms with van der Waals surface area (Å²) in [5.74, 6) is 0.298. The Hall–Kier alpha value is -2.38. The molecule has 0 atom stereocenters. The molecule has 8 heteroatoms. The molecule has 2 N–H and O–H groups in total. The van der Waals surface area contributed by atoms with Gasteiger partial charge in [0.25, 0.3) is 5.69 Å². The molecule has 1 heterocycles. The molecule has 1 aromatic heterocycles. The minimum absolute atomic E-state index is 0.0626. The minimum atomic E-state index is -0.528. The van der Waals surface area contributed by atoms with Crippen molar-refractivity contribution < 1.29 is 9.72 Å². The van der Waals surface area contributed by atoms with E-state index < -0.39 is 4.92 Å². The van der Waals surface area contributed by atoms with Gasteiger partial charge in [-0.25, -0.2) is 4.98 Å². The quantitative estimate of drug-likeness (QED) is 0.612. The Morgan fingerprint density at radius 1 is 1.45 bits per heavy atom. The van der Waals surface area contributed by atoms with Crippen LogP contribution < -0.4 is 10.6 Å². The number of nitro groups is 1. The molecular formula is C12H19N5O3. The van der Waals surface area contributed by atoms with Crippen LogP contribution in [-0.2, 0) is 4.79 Å². The number of pyridine rings is 1. The lowest BCUT2D eigenvalue weighted by Gasteiger charge is -2.24. The highest BCUT2D eigenvalue weighted by Gasteiger charge is 2.17. The maximum absolute atomic E-state index is 11.8. The fraction of sp³-hybridized carbons (Fsp3) is 0.500. The van der Waals surface area contributed by atoms with Gasteiger partial charge < -0.3 is 15.5 Å². The van der Waals surface area contributed by atoms with E-state index in [1.54, 1.807) is 19.0 Å². The Morgan fingerprint density at radius 2 is 2.10 bits per heavy atom. The van der Waals surface area contributed by atoms with Gasteiger partial charge >= 0.3 is 0 Å². The van der Waals surface area contributed by atoms with Crippen LogP contribution in [0.4, 0.5) is 17.3 Å². The zero-order valence-corrected chi connectivity index (χ0v) is 11.9. The van der Waals surface area contributed by atoms with E-state index in [0.717, 1.165) is 6.42 Å². The Labute approximate surface area is 117 Å². The molecule has 8 nitrogen and oxygen atoms in total. The SMILES string of the molecule is CCCN(CC(=O)N(C)C)c1cc([N+](=O)[O-])cc(N)n1. The second-order valence-corrected chi connectivity index (χ2v) is 4.58. The van der Waals surface area contributed by atoms with Crippen molar-refractivity contribution in [1.29, 1.82) is 0 Å². The summed E-state index contributed by atoms with van der Waals surface area (Å²) in [7, 11) is 3.31. The number of nitrogens with two attached hydrogens (primary N) is 1. The first kappa shape index (κ1) is 15.7. The van der Waals surface area contributed by atoms with Gasteiger partial charge in [-0.3, -0.25) is 14.9 Å². The smallest absolute Gasteiger partial charge is 0.276 e. The number of carbonyl (C=O) groups is 1. The van der Waals surface area contributed by atoms with Crippen molar-refractivity contribution in [3.05, 3.63) is 22.2 Å². The van der Waals surface area contributed by atoms with Crippen LogP contribution in [0.3, 0.4) is 0 Å². The highest BCUT2D eigenvalue weighted by molar-refractivity contribution is 5.80. The summed E-state index contributed by atoms with van der Waals surface area (Å²) >= 11 is 0. The fourth-order valence-corrected chi connectivity index (χ4v) is 1.64. The highest BCUT2D eigenvalue weighted by atomic mass is 16.6. The monoisotopic (exact) mass is 281 g/mol. The lowest BCUT2D eigenvalue weighted by molar-refractivity contribution is -0.384. The molecule has 20 heavy (non-hydrogen) atoms. The molecule has 1 rings (SSSR count). The number of rotatable bonds is 6. The van der Waals surface area contributed by atoms with Gasteiger partial charge in [0.2, 0.25) is 5.91 Å². The van der Waals surface area contributed by atoms with Crippen LogP contribution in [0.15, 0.2) is 12.1 Å². The Kier molecular flexibility index (Phi) is 5.24. The first-order chi connectivity index (χ1) is 9.35. The molecule has 0 radical (unpaired) electrons. The predicted octanol–water partition coefficient (Wildman–Crippen LogP) is 0.877. The lowest BCUT2D eigenvalue weighted by Crippen LogP contribution is -2.37. The van der Waals surface area contributed by atoms with Crippen LogP contribution in [0.1, 0.15) is 13.3 Å². The molecule has 0 aliphatic heterocycles. The average molecular weight is 281 g/mol. The van der Waals surface area contributed by atoms with Crippen LogP contribution in [-0.4, -0.2) is 47.9 Å². The van der Waals surface area contributed by atoms with Crippen LogP contribution in [0.25, 0.3) is 0 Å². The lowest BCUT2D eigenvalue weighted by atomic mass is 10.3. The number of aromatic nitrogens is 1. The van der Waals surface area contributed by atoms with Gasteiger partial charge in [0.15, 0.2) is 0 Å². The zero-order valence-electron chi connectivity index (χ0n) is 11.9. The predicted molar refractivity (Wildman–Crippen MR) is 76.5 cm³/mol. The molecule has 0 aromatic carbocycles. The summed E-state index contributed by atoms with van der Waals surface area (Å²) in [4.78, 5) is 29.3. The van der Waals surface area contributed by atoms with E-state index in [-0.39, 0.29) is 24.0 Å². The summed E-state index contributed by atoms with van der Waals surface area (Å²) < 4.78 is 0. The Morgan fingerprint density at radius 3 is 2.60 bits per heavy atom. The van der Waals surface area contributed by atoms with Gasteiger partial charge in [-0.2, -0.15) is 0 Å². The number of hydrogen-bond donors (Lipinski definition) is 1. The van der Waals surface area contributed by atoms with E-state index in [1.165, 1.54) is 17.0 Å². The molecule has 0 bridgehead atoms. The molecule has 1 aromatic rings. The second kappa shape index (κ2) is 6.69. The van der Waals surface area contributed by atoms with Crippen molar-refractivity contribution in [2.24, 2.45) is 0 Å². The normalized spacial score (nSPS) is 10.2. The number of carbonyl (C=O) groups excluding carboxylic acids is 1. The molecule has 1 amide bonds. The summed E-state index contributed by atoms with van der Waals surface area (Å²) in [5, 5.41) is 10.8. The van der Waals surface area contributed by atoms with Crippen LogP contribution in [0.2, 0.25) is 0 Å². The largest absolute Gasteiger partial charge is 0.383 e. The molecule has 110 valence electrons. The number of likely N-dealkylation sites (N-methyl/N-ethyl adjacent to an activating group) is 1. The number of amides is 1. The Bertz CT molecular complexity index is 504. The van der Waals surface area contributed by atoms with Gasteiger partial charge in [0.1, 0.15) is 11.6 Å². The Balaban J connectivity index is 3.07. The van der Waals surface area contributed by atoms with Gasteiger partial charge in [0, 0.05) is 20.6 Å². The van der Waals surface area contributed by atoms with E-state index in [4.69, 9.17) is 5.73 Å². The summed E-state index contributed by atoms with van der Waals surface area (Å²) in [6.07, 6.45) is 0.783. The summed E-state index contributed by atoms with van der Waals surface area (Å²) in [6, 6.07) is 2.52. The number of nitrogen functional groups attached to an aromatic ring is 1. The van der Waals surface area contributed by atoms with Gasteiger partial charge in [0.05, 0.1) is 23.6 Å². The number of hydrogen-bond acceptors (Lipinski definition) is 6. The van der Waals surface area contributed by atoms with Crippen molar-refractivity contribution in [1.82, 2.24) is 9.88 Å². The molecule has 0 unspecified atom stereocenters. The van der Waals surface area contributed by atoms with Crippen LogP contribution in [0, 0.1) is 10.1 Å². The maximum atomic E-state index is 11.8. The zero-order chi connectivity index (χ0) is 15.3. The van der Waals surface area contributed by atoms with Crippen LogP contribution >= 0.6 is 0 Å². The third-order valence-electron chi connectivity index (χ3n) is 2.67. The van der Waals surface area contributed by atoms with Gasteiger partial charge in [-0.05, 0) is 6.42 Å². The highest BCUT2D eigenvalue weighted by Crippen LogP contribution is 2.22. The van der Waals surface area contributed by atoms with E-state index in [0.29, 0.717) is 12.4 Å². The second-order valence-electron chi connectivity index (χ2n) is 4.58. The first-order valence-corrected chi connectivity index (χ1v) is 6.22. The van der Waals surface area contributed by atoms with Crippen LogP contribution in [0.5, 0.6) is 0 Å². The minimum Gasteiger partial charge on any atom is -0.383 e. The molecule has 0 aliphatic rings. The third kappa shape index (κ3) is 4.08. The van der Waals surface area contributed by atoms with E-state index >= 15 is 0 Å². The average Bonchev–Trinajstić information content (AvgIpc) is 2.37. The maximum Gasteiger partial charge on any atom is 0.276 e. The molecule has 0 saturated carbocycles. The molecule has 0 saturated heterocycles. The standard InChI is InChI=1S/C12H19N5O3/c1-4-5-16(8-12(18)15(2)3)11-7-9(17(19)20)6-10(13)14-11/h6-7H,4-5,8H2,1-3H3,(H2,13,14). The molecule has 0 aliphatic carbocycles. The van der Waals surface area contributed by atoms with Crippen molar-refractivity contribution in [3.8, 4) is 0 Å². The van der Waals surface area contributed by atoms with Crippen molar-refractivity contribution in [2.75, 3.05) is 37.8 Å². The number of nitrogens with zero attached hydrogens (tertiary/aromatic N) is 4. The molecule has 0 fully saturated rings. The van der Waals surface area contributed by atoms with Gasteiger partial charge in [-0.1, -0.05) is 6.92 Å². The third-order valence-corrected chi connectivity index (χ3v) is 2.67. The summed E-state index contributed by atoms with van der Waals surface area (Å²) in [5.41, 5.74) is 5.45. The summed E-state index contributed by atoms with van der Waals surface area (Å²) in [6.45, 7) is 2.62. The molecular weight excluding hydrogens is 262 g/mol. The van der Waals surface area contributed by atoms with E-state index in [2.05, 4.69) is 4.98 Å². The van der Waals surface area contributed by atoms with Crippen molar-refractivity contribution in [2.45, 2.75) is 13.3 Å². The van der Waals surface area contributed by atoms with Gasteiger partial charge in [-0.15, -0.1) is 0 Å².